The molecule has 0 spiro atoms. The van der Waals surface area contributed by atoms with Crippen molar-refractivity contribution in [3.63, 3.8) is 0 Å². The van der Waals surface area contributed by atoms with Gasteiger partial charge in [0.05, 0.1) is 16.8 Å². The molecule has 3 aromatic rings. The predicted molar refractivity (Wildman–Crippen MR) is 116 cm³/mol. The van der Waals surface area contributed by atoms with E-state index in [0.717, 1.165) is 52.8 Å². The number of aryl methyl sites for hydroxylation is 1. The van der Waals surface area contributed by atoms with Gasteiger partial charge in [0.25, 0.3) is 5.91 Å². The number of rotatable bonds is 4. The zero-order valence-corrected chi connectivity index (χ0v) is 17.7. The van der Waals surface area contributed by atoms with Gasteiger partial charge in [-0.15, -0.1) is 11.3 Å². The second-order valence-electron chi connectivity index (χ2n) is 7.68. The molecular weight excluding hydrogens is 384 g/mol. The molecular formula is C22H26N4O2S. The van der Waals surface area contributed by atoms with E-state index < -0.39 is 0 Å². The summed E-state index contributed by atoms with van der Waals surface area (Å²) in [6.07, 6.45) is 8.44. The van der Waals surface area contributed by atoms with E-state index in [1.165, 1.54) is 11.3 Å². The summed E-state index contributed by atoms with van der Waals surface area (Å²) in [7, 11) is 1.82. The van der Waals surface area contributed by atoms with E-state index in [0.29, 0.717) is 12.1 Å². The molecule has 29 heavy (non-hydrogen) atoms. The molecule has 1 saturated heterocycles. The second kappa shape index (κ2) is 8.37. The summed E-state index contributed by atoms with van der Waals surface area (Å²) in [5.74, 6) is 0.00925. The highest BCUT2D eigenvalue weighted by molar-refractivity contribution is 7.21. The number of aromatic nitrogens is 2. The zero-order chi connectivity index (χ0) is 20.4. The molecule has 152 valence electrons. The fourth-order valence-electron chi connectivity index (χ4n) is 4.20. The van der Waals surface area contributed by atoms with E-state index >= 15 is 0 Å². The van der Waals surface area contributed by atoms with Crippen molar-refractivity contribution in [3.05, 3.63) is 47.1 Å². The first kappa shape index (κ1) is 19.6. The molecule has 7 heteroatoms. The monoisotopic (exact) mass is 410 g/mol. The van der Waals surface area contributed by atoms with Gasteiger partial charge >= 0.3 is 0 Å². The summed E-state index contributed by atoms with van der Waals surface area (Å²) < 4.78 is 2.76. The highest BCUT2D eigenvalue weighted by Gasteiger charge is 2.27. The molecule has 0 unspecified atom stereocenters. The van der Waals surface area contributed by atoms with E-state index in [1.54, 1.807) is 24.0 Å². The van der Waals surface area contributed by atoms with Crippen molar-refractivity contribution in [1.82, 2.24) is 14.7 Å². The van der Waals surface area contributed by atoms with Crippen molar-refractivity contribution in [2.75, 3.05) is 11.9 Å². The minimum Gasteiger partial charge on any atom is -0.340 e. The lowest BCUT2D eigenvalue weighted by Gasteiger charge is -2.29. The van der Waals surface area contributed by atoms with Crippen molar-refractivity contribution in [2.24, 2.45) is 7.05 Å². The van der Waals surface area contributed by atoms with Crippen LogP contribution >= 0.6 is 11.3 Å². The van der Waals surface area contributed by atoms with Crippen LogP contribution in [0.3, 0.4) is 0 Å². The standard InChI is InChI=1S/C22H26N4O2S/c1-15(27)26-11-7-3-4-8-17(26)12-19-18-9-5-6-10-20(18)29-21(19)22(28)24-16-13-23-25(2)14-16/h5-6,9-10,13-14,17H,3-4,7-8,11-12H2,1-2H3,(H,24,28)/t17-/m0/s1. The first-order chi connectivity index (χ1) is 14.0. The van der Waals surface area contributed by atoms with Crippen molar-refractivity contribution in [3.8, 4) is 0 Å². The Labute approximate surface area is 174 Å². The number of likely N-dealkylation sites (tertiary alicyclic amines) is 1. The van der Waals surface area contributed by atoms with E-state index in [1.807, 2.05) is 24.1 Å². The fourth-order valence-corrected chi connectivity index (χ4v) is 5.33. The van der Waals surface area contributed by atoms with Crippen LogP contribution < -0.4 is 5.32 Å². The number of carbonyl (C=O) groups excluding carboxylic acids is 2. The van der Waals surface area contributed by atoms with Gasteiger partial charge in [-0.2, -0.15) is 5.10 Å². The van der Waals surface area contributed by atoms with Crippen LogP contribution in [0, 0.1) is 0 Å². The van der Waals surface area contributed by atoms with Gasteiger partial charge in [0.15, 0.2) is 0 Å². The number of benzene rings is 1. The molecule has 0 bridgehead atoms. The molecule has 1 fully saturated rings. The lowest BCUT2D eigenvalue weighted by molar-refractivity contribution is -0.131. The first-order valence-corrected chi connectivity index (χ1v) is 10.9. The minimum absolute atomic E-state index is 0.114. The maximum atomic E-state index is 13.1. The SMILES string of the molecule is CC(=O)N1CCCCC[C@H]1Cc1c(C(=O)Nc2cnn(C)c2)sc2ccccc12. The number of anilines is 1. The number of hydrogen-bond donors (Lipinski definition) is 1. The molecule has 3 heterocycles. The van der Waals surface area contributed by atoms with Gasteiger partial charge in [-0.1, -0.05) is 31.0 Å². The van der Waals surface area contributed by atoms with Gasteiger partial charge in [0, 0.05) is 37.5 Å². The number of nitrogens with one attached hydrogen (secondary N) is 1. The van der Waals surface area contributed by atoms with Crippen molar-refractivity contribution in [2.45, 2.75) is 45.1 Å². The molecule has 1 atom stereocenters. The van der Waals surface area contributed by atoms with Crippen molar-refractivity contribution in [1.29, 1.82) is 0 Å². The van der Waals surface area contributed by atoms with E-state index in [9.17, 15) is 9.59 Å². The second-order valence-corrected chi connectivity index (χ2v) is 8.73. The Bertz CT molecular complexity index is 1040. The lowest BCUT2D eigenvalue weighted by atomic mass is 9.98. The largest absolute Gasteiger partial charge is 0.340 e. The van der Waals surface area contributed by atoms with Crippen molar-refractivity contribution >= 4 is 38.9 Å². The number of hydrogen-bond acceptors (Lipinski definition) is 4. The number of carbonyl (C=O) groups is 2. The lowest BCUT2D eigenvalue weighted by Crippen LogP contribution is -2.40. The van der Waals surface area contributed by atoms with Gasteiger partial charge in [0.1, 0.15) is 0 Å². The Kier molecular flexibility index (Phi) is 5.67. The molecule has 1 aliphatic heterocycles. The molecule has 6 nitrogen and oxygen atoms in total. The van der Waals surface area contributed by atoms with Gasteiger partial charge < -0.3 is 10.2 Å². The van der Waals surface area contributed by atoms with Crippen LogP contribution in [0.5, 0.6) is 0 Å². The third-order valence-corrected chi connectivity index (χ3v) is 6.80. The normalized spacial score (nSPS) is 17.3. The molecule has 2 amide bonds. The fraction of sp³-hybridized carbons (Fsp3) is 0.409. The smallest absolute Gasteiger partial charge is 0.266 e. The summed E-state index contributed by atoms with van der Waals surface area (Å²) in [6, 6.07) is 8.28. The topological polar surface area (TPSA) is 67.2 Å². The Morgan fingerprint density at radius 1 is 1.24 bits per heavy atom. The molecule has 0 aliphatic carbocycles. The maximum absolute atomic E-state index is 13.1. The molecule has 0 saturated carbocycles. The predicted octanol–water partition coefficient (Wildman–Crippen LogP) is 4.22. The van der Waals surface area contributed by atoms with Crippen LogP contribution in [0.25, 0.3) is 10.1 Å². The Morgan fingerprint density at radius 3 is 2.83 bits per heavy atom. The molecule has 0 radical (unpaired) electrons. The van der Waals surface area contributed by atoms with Crippen LogP contribution in [0.1, 0.15) is 47.8 Å². The van der Waals surface area contributed by atoms with E-state index in [-0.39, 0.29) is 17.9 Å². The third-order valence-electron chi connectivity index (χ3n) is 5.59. The van der Waals surface area contributed by atoms with Gasteiger partial charge in [-0.25, -0.2) is 0 Å². The summed E-state index contributed by atoms with van der Waals surface area (Å²) in [5, 5.41) is 8.21. The highest BCUT2D eigenvalue weighted by atomic mass is 32.1. The van der Waals surface area contributed by atoms with Crippen LogP contribution in [0.15, 0.2) is 36.7 Å². The van der Waals surface area contributed by atoms with Gasteiger partial charge in [0.2, 0.25) is 5.91 Å². The zero-order valence-electron chi connectivity index (χ0n) is 16.9. The molecule has 1 N–H and O–H groups in total. The number of amides is 2. The minimum atomic E-state index is -0.114. The summed E-state index contributed by atoms with van der Waals surface area (Å²) in [5.41, 5.74) is 1.73. The van der Waals surface area contributed by atoms with Crippen LogP contribution in [0.4, 0.5) is 5.69 Å². The first-order valence-electron chi connectivity index (χ1n) is 10.1. The highest BCUT2D eigenvalue weighted by Crippen LogP contribution is 2.34. The molecule has 4 rings (SSSR count). The average molecular weight is 411 g/mol. The Morgan fingerprint density at radius 2 is 2.07 bits per heavy atom. The quantitative estimate of drug-likeness (QED) is 0.700. The van der Waals surface area contributed by atoms with Crippen LogP contribution in [-0.4, -0.2) is 39.1 Å². The Balaban J connectivity index is 1.69. The maximum Gasteiger partial charge on any atom is 0.266 e. The van der Waals surface area contributed by atoms with E-state index in [2.05, 4.69) is 22.5 Å². The van der Waals surface area contributed by atoms with Gasteiger partial charge in [-0.3, -0.25) is 14.3 Å². The molecule has 1 aromatic carbocycles. The van der Waals surface area contributed by atoms with Gasteiger partial charge in [-0.05, 0) is 36.3 Å². The van der Waals surface area contributed by atoms with Crippen molar-refractivity contribution < 1.29 is 9.59 Å². The summed E-state index contributed by atoms with van der Waals surface area (Å²) >= 11 is 1.52. The number of nitrogens with zero attached hydrogens (tertiary/aromatic N) is 3. The molecule has 2 aromatic heterocycles. The third kappa shape index (κ3) is 4.19. The van der Waals surface area contributed by atoms with Crippen LogP contribution in [-0.2, 0) is 18.3 Å². The summed E-state index contributed by atoms with van der Waals surface area (Å²) in [6.45, 7) is 2.46. The Hall–Kier alpha value is -2.67. The number of thiophene rings is 1. The van der Waals surface area contributed by atoms with Crippen LogP contribution in [0.2, 0.25) is 0 Å². The number of fused-ring (bicyclic) bond motifs is 1. The average Bonchev–Trinajstić information content (AvgIpc) is 3.17. The summed E-state index contributed by atoms with van der Waals surface area (Å²) in [4.78, 5) is 28.1. The molecule has 1 aliphatic rings. The van der Waals surface area contributed by atoms with E-state index in [4.69, 9.17) is 0 Å².